The van der Waals surface area contributed by atoms with Gasteiger partial charge in [0.15, 0.2) is 0 Å². The lowest BCUT2D eigenvalue weighted by Crippen LogP contribution is -2.47. The molecule has 2 saturated carbocycles. The summed E-state index contributed by atoms with van der Waals surface area (Å²) in [6.45, 7) is 1.31. The average Bonchev–Trinajstić information content (AvgIpc) is 2.42. The number of nitrogens with one attached hydrogen (secondary N) is 1. The Kier molecular flexibility index (Phi) is 5.48. The maximum Gasteiger partial charge on any atom is 0.317 e. The highest BCUT2D eigenvalue weighted by atomic mass is 16.4. The van der Waals surface area contributed by atoms with Crippen molar-refractivity contribution in [1.29, 1.82) is 0 Å². The monoisotopic (exact) mass is 296 g/mol. The fraction of sp³-hybridized carbons (Fsp3) is 0.875. The topological polar surface area (TPSA) is 69.6 Å². The molecular formula is C16H28N2O3. The molecule has 5 heteroatoms. The summed E-state index contributed by atoms with van der Waals surface area (Å²) in [5, 5.41) is 11.9. The van der Waals surface area contributed by atoms with E-state index in [1.165, 1.54) is 32.1 Å². The zero-order valence-corrected chi connectivity index (χ0v) is 13.1. The number of amides is 2. The Morgan fingerprint density at radius 1 is 1.19 bits per heavy atom. The van der Waals surface area contributed by atoms with Crippen LogP contribution in [0.3, 0.4) is 0 Å². The van der Waals surface area contributed by atoms with Crippen molar-refractivity contribution >= 4 is 12.0 Å². The number of urea groups is 1. The van der Waals surface area contributed by atoms with Gasteiger partial charge < -0.3 is 15.3 Å². The van der Waals surface area contributed by atoms with E-state index < -0.39 is 5.97 Å². The summed E-state index contributed by atoms with van der Waals surface area (Å²) in [6.07, 6.45) is 9.38. The maximum atomic E-state index is 12.2. The summed E-state index contributed by atoms with van der Waals surface area (Å²) < 4.78 is 0. The van der Waals surface area contributed by atoms with Crippen LogP contribution < -0.4 is 5.32 Å². The number of carbonyl (C=O) groups is 2. The van der Waals surface area contributed by atoms with E-state index in [2.05, 4.69) is 5.32 Å². The van der Waals surface area contributed by atoms with E-state index in [1.54, 1.807) is 4.90 Å². The molecule has 2 aliphatic carbocycles. The molecule has 120 valence electrons. The van der Waals surface area contributed by atoms with Crippen LogP contribution in [0.2, 0.25) is 0 Å². The smallest absolute Gasteiger partial charge is 0.317 e. The van der Waals surface area contributed by atoms with Crippen molar-refractivity contribution in [3.05, 3.63) is 0 Å². The van der Waals surface area contributed by atoms with Crippen LogP contribution in [0.1, 0.15) is 57.8 Å². The molecule has 0 bridgehead atoms. The van der Waals surface area contributed by atoms with Crippen LogP contribution in [-0.2, 0) is 4.79 Å². The Morgan fingerprint density at radius 2 is 1.86 bits per heavy atom. The highest BCUT2D eigenvalue weighted by Crippen LogP contribution is 2.43. The molecule has 0 spiro atoms. The molecule has 0 heterocycles. The predicted octanol–water partition coefficient (Wildman–Crippen LogP) is 2.85. The zero-order chi connectivity index (χ0) is 15.3. The number of carboxylic acid groups (broad SMARTS) is 1. The van der Waals surface area contributed by atoms with Crippen molar-refractivity contribution < 1.29 is 14.7 Å². The van der Waals surface area contributed by atoms with Crippen LogP contribution in [0.5, 0.6) is 0 Å². The molecule has 2 rings (SSSR count). The minimum atomic E-state index is -0.764. The van der Waals surface area contributed by atoms with Crippen LogP contribution in [0, 0.1) is 11.3 Å². The highest BCUT2D eigenvalue weighted by Gasteiger charge is 2.39. The third-order valence-electron chi connectivity index (χ3n) is 5.16. The van der Waals surface area contributed by atoms with Gasteiger partial charge in [0.25, 0.3) is 0 Å². The molecule has 0 saturated heterocycles. The van der Waals surface area contributed by atoms with Gasteiger partial charge in [-0.25, -0.2) is 4.79 Å². The van der Waals surface area contributed by atoms with Gasteiger partial charge in [0.2, 0.25) is 0 Å². The van der Waals surface area contributed by atoms with Crippen LogP contribution >= 0.6 is 0 Å². The molecular weight excluding hydrogens is 268 g/mol. The standard InChI is InChI=1S/C16H28N2O3/c1-18(11-13-6-3-2-4-7-13)15(21)17-12-16(8-5-9-16)10-14(19)20/h13H,2-12H2,1H3,(H,17,21)(H,19,20). The summed E-state index contributed by atoms with van der Waals surface area (Å²) in [5.41, 5.74) is -0.201. The number of aliphatic carboxylic acids is 1. The van der Waals surface area contributed by atoms with Gasteiger partial charge in [-0.2, -0.15) is 0 Å². The minimum Gasteiger partial charge on any atom is -0.481 e. The molecule has 0 unspecified atom stereocenters. The van der Waals surface area contributed by atoms with Crippen molar-refractivity contribution in [1.82, 2.24) is 10.2 Å². The largest absolute Gasteiger partial charge is 0.481 e. The quantitative estimate of drug-likeness (QED) is 0.792. The Hall–Kier alpha value is -1.26. The molecule has 0 radical (unpaired) electrons. The number of rotatable bonds is 6. The van der Waals surface area contributed by atoms with E-state index in [0.717, 1.165) is 25.8 Å². The summed E-state index contributed by atoms with van der Waals surface area (Å²) in [7, 11) is 1.84. The van der Waals surface area contributed by atoms with Crippen LogP contribution in [0.15, 0.2) is 0 Å². The van der Waals surface area contributed by atoms with Gasteiger partial charge in [0, 0.05) is 20.1 Å². The first kappa shape index (κ1) is 16.1. The molecule has 0 aromatic heterocycles. The first-order chi connectivity index (χ1) is 10.0. The molecule has 2 N–H and O–H groups in total. The van der Waals surface area contributed by atoms with Gasteiger partial charge >= 0.3 is 12.0 Å². The maximum absolute atomic E-state index is 12.2. The van der Waals surface area contributed by atoms with E-state index in [0.29, 0.717) is 12.5 Å². The number of carbonyl (C=O) groups excluding carboxylic acids is 1. The first-order valence-corrected chi connectivity index (χ1v) is 8.21. The lowest BCUT2D eigenvalue weighted by molar-refractivity contribution is -0.141. The normalized spacial score (nSPS) is 21.4. The van der Waals surface area contributed by atoms with Crippen molar-refractivity contribution in [3.63, 3.8) is 0 Å². The van der Waals surface area contributed by atoms with Gasteiger partial charge in [0.1, 0.15) is 0 Å². The number of nitrogens with zero attached hydrogens (tertiary/aromatic N) is 1. The summed E-state index contributed by atoms with van der Waals surface area (Å²) in [4.78, 5) is 24.8. The van der Waals surface area contributed by atoms with Crippen LogP contribution in [0.25, 0.3) is 0 Å². The molecule has 0 aromatic carbocycles. The SMILES string of the molecule is CN(CC1CCCCC1)C(=O)NCC1(CC(=O)O)CCC1. The second-order valence-corrected chi connectivity index (χ2v) is 6.97. The Morgan fingerprint density at radius 3 is 2.38 bits per heavy atom. The van der Waals surface area contributed by atoms with Gasteiger partial charge in [-0.1, -0.05) is 25.7 Å². The van der Waals surface area contributed by atoms with Gasteiger partial charge in [-0.05, 0) is 37.0 Å². The molecule has 5 nitrogen and oxygen atoms in total. The van der Waals surface area contributed by atoms with Gasteiger partial charge in [-0.15, -0.1) is 0 Å². The van der Waals surface area contributed by atoms with Crippen molar-refractivity contribution in [2.24, 2.45) is 11.3 Å². The molecule has 2 amide bonds. The second-order valence-electron chi connectivity index (χ2n) is 6.97. The van der Waals surface area contributed by atoms with Gasteiger partial charge in [0.05, 0.1) is 6.42 Å². The number of hydrogen-bond acceptors (Lipinski definition) is 2. The number of carboxylic acids is 1. The summed E-state index contributed by atoms with van der Waals surface area (Å²) in [6, 6.07) is -0.0581. The Balaban J connectivity index is 1.73. The predicted molar refractivity (Wildman–Crippen MR) is 81.1 cm³/mol. The van der Waals surface area contributed by atoms with E-state index in [-0.39, 0.29) is 17.9 Å². The molecule has 2 fully saturated rings. The second kappa shape index (κ2) is 7.14. The van der Waals surface area contributed by atoms with Crippen LogP contribution in [-0.4, -0.2) is 42.1 Å². The lowest BCUT2D eigenvalue weighted by Gasteiger charge is -2.41. The Bertz CT molecular complexity index is 374. The zero-order valence-electron chi connectivity index (χ0n) is 13.1. The molecule has 21 heavy (non-hydrogen) atoms. The Labute approximate surface area is 127 Å². The van der Waals surface area contributed by atoms with Crippen LogP contribution in [0.4, 0.5) is 4.79 Å². The summed E-state index contributed by atoms with van der Waals surface area (Å²) in [5.74, 6) is -0.134. The average molecular weight is 296 g/mol. The molecule has 0 atom stereocenters. The fourth-order valence-electron chi connectivity index (χ4n) is 3.65. The summed E-state index contributed by atoms with van der Waals surface area (Å²) >= 11 is 0. The molecule has 0 aliphatic heterocycles. The first-order valence-electron chi connectivity index (χ1n) is 8.21. The van der Waals surface area contributed by atoms with E-state index >= 15 is 0 Å². The van der Waals surface area contributed by atoms with E-state index in [9.17, 15) is 9.59 Å². The highest BCUT2D eigenvalue weighted by molar-refractivity contribution is 5.74. The van der Waals surface area contributed by atoms with Crippen molar-refractivity contribution in [2.45, 2.75) is 57.8 Å². The lowest BCUT2D eigenvalue weighted by atomic mass is 9.66. The third kappa shape index (κ3) is 4.61. The van der Waals surface area contributed by atoms with E-state index in [1.807, 2.05) is 7.05 Å². The van der Waals surface area contributed by atoms with E-state index in [4.69, 9.17) is 5.11 Å². The van der Waals surface area contributed by atoms with Crippen molar-refractivity contribution in [2.75, 3.05) is 20.1 Å². The van der Waals surface area contributed by atoms with Gasteiger partial charge in [-0.3, -0.25) is 4.79 Å². The molecule has 0 aromatic rings. The molecule has 2 aliphatic rings. The number of hydrogen-bond donors (Lipinski definition) is 2. The third-order valence-corrected chi connectivity index (χ3v) is 5.16. The van der Waals surface area contributed by atoms with Crippen molar-refractivity contribution in [3.8, 4) is 0 Å². The fourth-order valence-corrected chi connectivity index (χ4v) is 3.65. The minimum absolute atomic E-state index is 0.0581.